The van der Waals surface area contributed by atoms with Crippen molar-refractivity contribution in [2.24, 2.45) is 0 Å². The van der Waals surface area contributed by atoms with E-state index < -0.39 is 0 Å². The number of aromatic nitrogens is 1. The number of carbonyl (C=O) groups is 1. The normalized spacial score (nSPS) is 27.1. The molecule has 3 rings (SSSR count). The van der Waals surface area contributed by atoms with Gasteiger partial charge in [0.1, 0.15) is 0 Å². The zero-order valence-corrected chi connectivity index (χ0v) is 12.2. The molecule has 20 heavy (non-hydrogen) atoms. The van der Waals surface area contributed by atoms with E-state index in [0.29, 0.717) is 12.1 Å². The number of likely N-dealkylation sites (tertiary alicyclic amines) is 2. The molecule has 1 amide bonds. The van der Waals surface area contributed by atoms with Crippen LogP contribution < -0.4 is 0 Å². The van der Waals surface area contributed by atoms with Gasteiger partial charge in [0.2, 0.25) is 5.91 Å². The molecule has 1 aromatic rings. The molecule has 4 heteroatoms. The molecule has 2 saturated heterocycles. The Balaban J connectivity index is 1.71. The smallest absolute Gasteiger partial charge is 0.219 e. The summed E-state index contributed by atoms with van der Waals surface area (Å²) in [5, 5.41) is 0. The fourth-order valence-corrected chi connectivity index (χ4v) is 3.79. The molecule has 0 aromatic carbocycles. The summed E-state index contributed by atoms with van der Waals surface area (Å²) in [5.74, 6) is 0.237. The molecular formula is C16H23N3O. The molecule has 0 aliphatic carbocycles. The average molecular weight is 273 g/mol. The Bertz CT molecular complexity index is 462. The Morgan fingerprint density at radius 2 is 2.10 bits per heavy atom. The lowest BCUT2D eigenvalue weighted by atomic mass is 10.0. The van der Waals surface area contributed by atoms with Crippen molar-refractivity contribution in [3.63, 3.8) is 0 Å². The van der Waals surface area contributed by atoms with Crippen molar-refractivity contribution in [3.05, 3.63) is 30.1 Å². The third-order valence-electron chi connectivity index (χ3n) is 4.67. The summed E-state index contributed by atoms with van der Waals surface area (Å²) in [7, 11) is 0. The van der Waals surface area contributed by atoms with Crippen LogP contribution in [0.4, 0.5) is 0 Å². The molecule has 0 saturated carbocycles. The van der Waals surface area contributed by atoms with Crippen LogP contribution in [0.2, 0.25) is 0 Å². The highest BCUT2D eigenvalue weighted by Gasteiger charge is 2.38. The molecule has 4 nitrogen and oxygen atoms in total. The Hall–Kier alpha value is -1.42. The van der Waals surface area contributed by atoms with Crippen LogP contribution in [0.1, 0.15) is 38.2 Å². The van der Waals surface area contributed by atoms with E-state index in [1.54, 1.807) is 6.92 Å². The Kier molecular flexibility index (Phi) is 4.01. The van der Waals surface area contributed by atoms with Gasteiger partial charge in [-0.1, -0.05) is 6.07 Å². The summed E-state index contributed by atoms with van der Waals surface area (Å²) in [6.07, 6.45) is 8.54. The summed E-state index contributed by atoms with van der Waals surface area (Å²) >= 11 is 0. The number of hydrogen-bond donors (Lipinski definition) is 0. The van der Waals surface area contributed by atoms with Crippen molar-refractivity contribution in [3.8, 4) is 0 Å². The third-order valence-corrected chi connectivity index (χ3v) is 4.67. The minimum Gasteiger partial charge on any atom is -0.338 e. The molecule has 2 aliphatic heterocycles. The SMILES string of the molecule is CC(=O)N1CCC[C@H]1[C@@H]1CCCN1Cc1cccnc1. The average Bonchev–Trinajstić information content (AvgIpc) is 3.07. The Morgan fingerprint density at radius 3 is 2.85 bits per heavy atom. The van der Waals surface area contributed by atoms with Gasteiger partial charge in [0.25, 0.3) is 0 Å². The lowest BCUT2D eigenvalue weighted by molar-refractivity contribution is -0.130. The Labute approximate surface area is 120 Å². The molecule has 2 aliphatic rings. The van der Waals surface area contributed by atoms with Gasteiger partial charge in [0.15, 0.2) is 0 Å². The maximum absolute atomic E-state index is 11.8. The lowest BCUT2D eigenvalue weighted by Gasteiger charge is -2.34. The number of rotatable bonds is 3. The Morgan fingerprint density at radius 1 is 1.30 bits per heavy atom. The minimum absolute atomic E-state index is 0.237. The maximum Gasteiger partial charge on any atom is 0.219 e. The second kappa shape index (κ2) is 5.92. The molecule has 0 N–H and O–H groups in total. The molecule has 2 atom stereocenters. The zero-order chi connectivity index (χ0) is 13.9. The van der Waals surface area contributed by atoms with Crippen molar-refractivity contribution in [1.29, 1.82) is 0 Å². The zero-order valence-electron chi connectivity index (χ0n) is 12.2. The first-order valence-corrected chi connectivity index (χ1v) is 7.66. The van der Waals surface area contributed by atoms with Crippen molar-refractivity contribution < 1.29 is 4.79 Å². The van der Waals surface area contributed by atoms with E-state index in [-0.39, 0.29) is 5.91 Å². The van der Waals surface area contributed by atoms with Gasteiger partial charge < -0.3 is 4.90 Å². The largest absolute Gasteiger partial charge is 0.338 e. The first-order chi connectivity index (χ1) is 9.75. The second-order valence-electron chi connectivity index (χ2n) is 5.96. The van der Waals surface area contributed by atoms with Gasteiger partial charge in [-0.3, -0.25) is 14.7 Å². The minimum atomic E-state index is 0.237. The molecular weight excluding hydrogens is 250 g/mol. The van der Waals surface area contributed by atoms with Gasteiger partial charge in [-0.2, -0.15) is 0 Å². The molecule has 108 valence electrons. The van der Waals surface area contributed by atoms with E-state index in [4.69, 9.17) is 0 Å². The highest BCUT2D eigenvalue weighted by molar-refractivity contribution is 5.74. The third kappa shape index (κ3) is 2.70. The van der Waals surface area contributed by atoms with E-state index in [1.807, 2.05) is 18.5 Å². The van der Waals surface area contributed by atoms with Crippen LogP contribution in [0, 0.1) is 0 Å². The standard InChI is InChI=1S/C16H23N3O/c1-13(20)19-10-4-7-16(19)15-6-3-9-18(15)12-14-5-2-8-17-11-14/h2,5,8,11,15-16H,3-4,6-7,9-10,12H2,1H3/t15-,16-/m0/s1. The van der Waals surface area contributed by atoms with Crippen LogP contribution in [0.5, 0.6) is 0 Å². The number of amides is 1. The van der Waals surface area contributed by atoms with Gasteiger partial charge in [-0.05, 0) is 43.9 Å². The van der Waals surface area contributed by atoms with Crippen molar-refractivity contribution >= 4 is 5.91 Å². The van der Waals surface area contributed by atoms with E-state index in [2.05, 4.69) is 20.9 Å². The molecule has 0 radical (unpaired) electrons. The molecule has 1 aromatic heterocycles. The quantitative estimate of drug-likeness (QED) is 0.846. The van der Waals surface area contributed by atoms with E-state index in [0.717, 1.165) is 32.5 Å². The summed E-state index contributed by atoms with van der Waals surface area (Å²) in [4.78, 5) is 20.6. The van der Waals surface area contributed by atoms with Gasteiger partial charge in [0, 0.05) is 44.5 Å². The van der Waals surface area contributed by atoms with Gasteiger partial charge >= 0.3 is 0 Å². The predicted octanol–water partition coefficient (Wildman–Crippen LogP) is 2.06. The van der Waals surface area contributed by atoms with E-state index in [9.17, 15) is 4.79 Å². The molecule has 0 spiro atoms. The molecule has 0 unspecified atom stereocenters. The maximum atomic E-state index is 11.8. The lowest BCUT2D eigenvalue weighted by Crippen LogP contribution is -2.47. The summed E-state index contributed by atoms with van der Waals surface area (Å²) in [5.41, 5.74) is 1.27. The van der Waals surface area contributed by atoms with Gasteiger partial charge in [-0.15, -0.1) is 0 Å². The van der Waals surface area contributed by atoms with Gasteiger partial charge in [-0.25, -0.2) is 0 Å². The summed E-state index contributed by atoms with van der Waals surface area (Å²) < 4.78 is 0. The fourth-order valence-electron chi connectivity index (χ4n) is 3.79. The highest BCUT2D eigenvalue weighted by Crippen LogP contribution is 2.30. The van der Waals surface area contributed by atoms with Crippen LogP contribution in [-0.2, 0) is 11.3 Å². The van der Waals surface area contributed by atoms with Crippen LogP contribution in [0.3, 0.4) is 0 Å². The van der Waals surface area contributed by atoms with Gasteiger partial charge in [0.05, 0.1) is 0 Å². The fraction of sp³-hybridized carbons (Fsp3) is 0.625. The summed E-state index contributed by atoms with van der Waals surface area (Å²) in [6, 6.07) is 5.09. The molecule has 2 fully saturated rings. The first kappa shape index (κ1) is 13.6. The molecule has 0 bridgehead atoms. The molecule has 3 heterocycles. The van der Waals surface area contributed by atoms with Crippen LogP contribution in [-0.4, -0.2) is 45.9 Å². The van der Waals surface area contributed by atoms with Crippen molar-refractivity contribution in [1.82, 2.24) is 14.8 Å². The topological polar surface area (TPSA) is 36.4 Å². The number of nitrogens with zero attached hydrogens (tertiary/aromatic N) is 3. The first-order valence-electron chi connectivity index (χ1n) is 7.66. The summed E-state index contributed by atoms with van der Waals surface area (Å²) in [6.45, 7) is 4.75. The second-order valence-corrected chi connectivity index (χ2v) is 5.96. The van der Waals surface area contributed by atoms with E-state index in [1.165, 1.54) is 18.4 Å². The van der Waals surface area contributed by atoms with Crippen molar-refractivity contribution in [2.75, 3.05) is 13.1 Å². The number of hydrogen-bond acceptors (Lipinski definition) is 3. The monoisotopic (exact) mass is 273 g/mol. The highest BCUT2D eigenvalue weighted by atomic mass is 16.2. The van der Waals surface area contributed by atoms with Crippen molar-refractivity contribution in [2.45, 2.75) is 51.2 Å². The number of carbonyl (C=O) groups excluding carboxylic acids is 1. The number of pyridine rings is 1. The van der Waals surface area contributed by atoms with Crippen LogP contribution in [0.25, 0.3) is 0 Å². The van der Waals surface area contributed by atoms with E-state index >= 15 is 0 Å². The predicted molar refractivity (Wildman–Crippen MR) is 78.1 cm³/mol. The van der Waals surface area contributed by atoms with Crippen LogP contribution in [0.15, 0.2) is 24.5 Å². The van der Waals surface area contributed by atoms with Crippen LogP contribution >= 0.6 is 0 Å².